The second kappa shape index (κ2) is 5.84. The number of rotatable bonds is 3. The third-order valence-electron chi connectivity index (χ3n) is 2.89. The number of benzene rings is 2. The molecule has 2 aromatic carbocycles. The van der Waals surface area contributed by atoms with Gasteiger partial charge in [0.25, 0.3) is 5.91 Å². The Balaban J connectivity index is 2.33. The largest absolute Gasteiger partial charge is 0.398 e. The molecule has 0 aliphatic rings. The van der Waals surface area contributed by atoms with Crippen molar-refractivity contribution in [2.45, 2.75) is 0 Å². The van der Waals surface area contributed by atoms with Crippen LogP contribution >= 0.6 is 11.6 Å². The van der Waals surface area contributed by atoms with Crippen LogP contribution in [0.5, 0.6) is 0 Å². The summed E-state index contributed by atoms with van der Waals surface area (Å²) in [7, 11) is 3.80. The highest BCUT2D eigenvalue weighted by Crippen LogP contribution is 2.28. The molecule has 0 saturated carbocycles. The monoisotopic (exact) mass is 289 g/mol. The number of nitrogen functional groups attached to an aromatic ring is 1. The van der Waals surface area contributed by atoms with E-state index in [2.05, 4.69) is 5.32 Å². The molecule has 0 bridgehead atoms. The molecule has 3 N–H and O–H groups in total. The first-order valence-corrected chi connectivity index (χ1v) is 6.49. The second-order valence-electron chi connectivity index (χ2n) is 4.60. The summed E-state index contributed by atoms with van der Waals surface area (Å²) in [4.78, 5) is 14.2. The number of hydrogen-bond acceptors (Lipinski definition) is 3. The Morgan fingerprint density at radius 2 is 1.90 bits per heavy atom. The van der Waals surface area contributed by atoms with Gasteiger partial charge in [-0.2, -0.15) is 0 Å². The molecular weight excluding hydrogens is 274 g/mol. The number of para-hydroxylation sites is 1. The lowest BCUT2D eigenvalue weighted by atomic mass is 10.1. The molecule has 0 aliphatic carbocycles. The molecule has 0 saturated heterocycles. The Kier molecular flexibility index (Phi) is 4.15. The van der Waals surface area contributed by atoms with Gasteiger partial charge in [-0.1, -0.05) is 23.7 Å². The number of nitrogens with one attached hydrogen (secondary N) is 1. The summed E-state index contributed by atoms with van der Waals surface area (Å²) in [5.74, 6) is -0.256. The molecule has 0 fully saturated rings. The van der Waals surface area contributed by atoms with E-state index >= 15 is 0 Å². The van der Waals surface area contributed by atoms with Crippen molar-refractivity contribution in [1.82, 2.24) is 0 Å². The van der Waals surface area contributed by atoms with Crippen LogP contribution in [-0.2, 0) is 0 Å². The zero-order chi connectivity index (χ0) is 14.7. The first-order valence-electron chi connectivity index (χ1n) is 6.12. The molecule has 0 heterocycles. The van der Waals surface area contributed by atoms with Gasteiger partial charge in [-0.15, -0.1) is 0 Å². The summed E-state index contributed by atoms with van der Waals surface area (Å²) in [5.41, 5.74) is 8.21. The minimum Gasteiger partial charge on any atom is -0.398 e. The van der Waals surface area contributed by atoms with Crippen molar-refractivity contribution in [2.75, 3.05) is 30.0 Å². The number of nitrogens with two attached hydrogens (primary N) is 1. The van der Waals surface area contributed by atoms with Crippen LogP contribution in [0.2, 0.25) is 5.02 Å². The Bertz CT molecular complexity index is 641. The van der Waals surface area contributed by atoms with Crippen molar-refractivity contribution < 1.29 is 4.79 Å². The van der Waals surface area contributed by atoms with Crippen LogP contribution in [0, 0.1) is 0 Å². The van der Waals surface area contributed by atoms with Crippen LogP contribution < -0.4 is 16.0 Å². The Hall–Kier alpha value is -2.20. The molecule has 20 heavy (non-hydrogen) atoms. The number of carbonyl (C=O) groups excluding carboxylic acids is 1. The van der Waals surface area contributed by atoms with Gasteiger partial charge in [-0.05, 0) is 30.3 Å². The average molecular weight is 290 g/mol. The topological polar surface area (TPSA) is 58.4 Å². The quantitative estimate of drug-likeness (QED) is 0.853. The summed E-state index contributed by atoms with van der Waals surface area (Å²) >= 11 is 5.99. The Morgan fingerprint density at radius 3 is 2.55 bits per heavy atom. The molecule has 0 radical (unpaired) electrons. The summed E-state index contributed by atoms with van der Waals surface area (Å²) in [5, 5.41) is 3.41. The molecule has 4 nitrogen and oxygen atoms in total. The van der Waals surface area contributed by atoms with Gasteiger partial charge in [0.05, 0.1) is 16.9 Å². The Morgan fingerprint density at radius 1 is 1.20 bits per heavy atom. The maximum atomic E-state index is 12.3. The lowest BCUT2D eigenvalue weighted by molar-refractivity contribution is 0.102. The summed E-state index contributed by atoms with van der Waals surface area (Å²) in [6.45, 7) is 0. The molecule has 0 unspecified atom stereocenters. The highest BCUT2D eigenvalue weighted by Gasteiger charge is 2.12. The molecule has 0 spiro atoms. The summed E-state index contributed by atoms with van der Waals surface area (Å²) in [6, 6.07) is 12.3. The van der Waals surface area contributed by atoms with Crippen molar-refractivity contribution in [3.63, 3.8) is 0 Å². The Labute approximate surface area is 123 Å². The van der Waals surface area contributed by atoms with Crippen molar-refractivity contribution in [3.8, 4) is 0 Å². The molecule has 104 valence electrons. The molecule has 2 aromatic rings. The van der Waals surface area contributed by atoms with E-state index in [9.17, 15) is 4.79 Å². The number of anilines is 3. The number of hydrogen-bond donors (Lipinski definition) is 2. The van der Waals surface area contributed by atoms with Crippen molar-refractivity contribution in [3.05, 3.63) is 53.1 Å². The molecule has 0 atom stereocenters. The zero-order valence-electron chi connectivity index (χ0n) is 11.4. The third-order valence-corrected chi connectivity index (χ3v) is 3.13. The zero-order valence-corrected chi connectivity index (χ0v) is 12.1. The average Bonchev–Trinajstić information content (AvgIpc) is 2.38. The normalized spacial score (nSPS) is 10.2. The van der Waals surface area contributed by atoms with E-state index in [1.165, 1.54) is 0 Å². The molecule has 0 aliphatic heterocycles. The van der Waals surface area contributed by atoms with Gasteiger partial charge in [-0.3, -0.25) is 4.79 Å². The molecule has 2 rings (SSSR count). The highest BCUT2D eigenvalue weighted by molar-refractivity contribution is 6.31. The van der Waals surface area contributed by atoms with E-state index < -0.39 is 0 Å². The fourth-order valence-corrected chi connectivity index (χ4v) is 2.06. The predicted molar refractivity (Wildman–Crippen MR) is 84.6 cm³/mol. The van der Waals surface area contributed by atoms with Gasteiger partial charge >= 0.3 is 0 Å². The number of halogens is 1. The van der Waals surface area contributed by atoms with E-state index in [1.54, 1.807) is 36.4 Å². The van der Waals surface area contributed by atoms with Gasteiger partial charge in [0.2, 0.25) is 0 Å². The second-order valence-corrected chi connectivity index (χ2v) is 5.03. The van der Waals surface area contributed by atoms with E-state index in [0.29, 0.717) is 22.0 Å². The maximum Gasteiger partial charge on any atom is 0.257 e. The van der Waals surface area contributed by atoms with Crippen molar-refractivity contribution in [2.24, 2.45) is 0 Å². The standard InChI is InChI=1S/C15H16ClN3O/c1-19(2)14-8-7-10(16)9-13(14)18-15(20)11-5-3-4-6-12(11)17/h3-9H,17H2,1-2H3,(H,18,20). The van der Waals surface area contributed by atoms with Crippen LogP contribution in [0.4, 0.5) is 17.1 Å². The van der Waals surface area contributed by atoms with Gasteiger partial charge in [0.15, 0.2) is 0 Å². The van der Waals surface area contributed by atoms with E-state index in [1.807, 2.05) is 25.1 Å². The van der Waals surface area contributed by atoms with Crippen LogP contribution in [0.1, 0.15) is 10.4 Å². The van der Waals surface area contributed by atoms with Gasteiger partial charge in [-0.25, -0.2) is 0 Å². The van der Waals surface area contributed by atoms with E-state index in [4.69, 9.17) is 17.3 Å². The third kappa shape index (κ3) is 3.03. The first kappa shape index (κ1) is 14.2. The lowest BCUT2D eigenvalue weighted by Crippen LogP contribution is -2.17. The van der Waals surface area contributed by atoms with E-state index in [-0.39, 0.29) is 5.91 Å². The lowest BCUT2D eigenvalue weighted by Gasteiger charge is -2.18. The summed E-state index contributed by atoms with van der Waals surface area (Å²) < 4.78 is 0. The molecular formula is C15H16ClN3O. The molecule has 0 aromatic heterocycles. The van der Waals surface area contributed by atoms with Crippen LogP contribution in [0.3, 0.4) is 0 Å². The smallest absolute Gasteiger partial charge is 0.257 e. The van der Waals surface area contributed by atoms with Crippen molar-refractivity contribution >= 4 is 34.6 Å². The van der Waals surface area contributed by atoms with Crippen LogP contribution in [0.25, 0.3) is 0 Å². The fraction of sp³-hybridized carbons (Fsp3) is 0.133. The number of amides is 1. The summed E-state index contributed by atoms with van der Waals surface area (Å²) in [6.07, 6.45) is 0. The van der Waals surface area contributed by atoms with Gasteiger partial charge in [0, 0.05) is 24.8 Å². The molecule has 5 heteroatoms. The SMILES string of the molecule is CN(C)c1ccc(Cl)cc1NC(=O)c1ccccc1N. The number of nitrogens with zero attached hydrogens (tertiary/aromatic N) is 1. The number of carbonyl (C=O) groups is 1. The fourth-order valence-electron chi connectivity index (χ4n) is 1.89. The minimum absolute atomic E-state index is 0.256. The van der Waals surface area contributed by atoms with Crippen molar-refractivity contribution in [1.29, 1.82) is 0 Å². The highest BCUT2D eigenvalue weighted by atomic mass is 35.5. The van der Waals surface area contributed by atoms with Gasteiger partial charge < -0.3 is 16.0 Å². The minimum atomic E-state index is -0.256. The van der Waals surface area contributed by atoms with Crippen LogP contribution in [0.15, 0.2) is 42.5 Å². The molecule has 1 amide bonds. The first-order chi connectivity index (χ1) is 9.49. The predicted octanol–water partition coefficient (Wildman–Crippen LogP) is 3.24. The van der Waals surface area contributed by atoms with E-state index in [0.717, 1.165) is 5.69 Å². The maximum absolute atomic E-state index is 12.3. The van der Waals surface area contributed by atoms with Gasteiger partial charge in [0.1, 0.15) is 0 Å². The van der Waals surface area contributed by atoms with Crippen LogP contribution in [-0.4, -0.2) is 20.0 Å².